The van der Waals surface area contributed by atoms with E-state index < -0.39 is 11.9 Å². The topological polar surface area (TPSA) is 73.6 Å². The highest BCUT2D eigenvalue weighted by atomic mass is 35.5. The molecular formula is C14H22ClFN2O3. The summed E-state index contributed by atoms with van der Waals surface area (Å²) in [5.41, 5.74) is 5.78. The minimum absolute atomic E-state index is 0. The predicted octanol–water partition coefficient (Wildman–Crippen LogP) is 1.80. The molecule has 5 nitrogen and oxygen atoms in total. The lowest BCUT2D eigenvalue weighted by atomic mass is 10.1. The number of amides is 1. The van der Waals surface area contributed by atoms with Crippen molar-refractivity contribution in [3.8, 4) is 5.75 Å². The second-order valence-electron chi connectivity index (χ2n) is 4.44. The van der Waals surface area contributed by atoms with Crippen LogP contribution in [0, 0.1) is 5.82 Å². The number of carbonyl (C=O) groups excluding carboxylic acids is 1. The molecular weight excluding hydrogens is 299 g/mol. The largest absolute Gasteiger partial charge is 0.496 e. The van der Waals surface area contributed by atoms with E-state index in [1.165, 1.54) is 20.3 Å². The van der Waals surface area contributed by atoms with E-state index in [1.54, 1.807) is 19.1 Å². The second kappa shape index (κ2) is 9.55. The molecule has 120 valence electrons. The molecule has 1 aromatic carbocycles. The van der Waals surface area contributed by atoms with Crippen LogP contribution in [0.2, 0.25) is 0 Å². The third-order valence-corrected chi connectivity index (χ3v) is 3.05. The van der Waals surface area contributed by atoms with Gasteiger partial charge in [0.2, 0.25) is 5.91 Å². The molecule has 0 aliphatic rings. The van der Waals surface area contributed by atoms with Crippen LogP contribution in [0.5, 0.6) is 5.75 Å². The van der Waals surface area contributed by atoms with E-state index in [1.807, 2.05) is 0 Å². The van der Waals surface area contributed by atoms with Gasteiger partial charge in [-0.05, 0) is 19.1 Å². The molecule has 0 aliphatic carbocycles. The molecule has 0 saturated heterocycles. The van der Waals surface area contributed by atoms with E-state index in [4.69, 9.17) is 15.2 Å². The van der Waals surface area contributed by atoms with Gasteiger partial charge in [-0.25, -0.2) is 4.39 Å². The summed E-state index contributed by atoms with van der Waals surface area (Å²) < 4.78 is 24.0. The fourth-order valence-electron chi connectivity index (χ4n) is 1.96. The minimum atomic E-state index is -0.506. The maximum Gasteiger partial charge on any atom is 0.223 e. The number of ether oxygens (including phenoxy) is 2. The fourth-order valence-corrected chi connectivity index (χ4v) is 1.96. The molecule has 0 bridgehead atoms. The Balaban J connectivity index is 0.00000400. The zero-order chi connectivity index (χ0) is 15.1. The van der Waals surface area contributed by atoms with Gasteiger partial charge >= 0.3 is 0 Å². The number of hydrogen-bond acceptors (Lipinski definition) is 4. The van der Waals surface area contributed by atoms with Gasteiger partial charge in [0.15, 0.2) is 0 Å². The molecule has 1 aromatic rings. The molecule has 0 spiro atoms. The Bertz CT molecular complexity index is 456. The number of halogens is 2. The summed E-state index contributed by atoms with van der Waals surface area (Å²) in [5, 5.41) is 2.72. The van der Waals surface area contributed by atoms with Crippen molar-refractivity contribution in [3.63, 3.8) is 0 Å². The van der Waals surface area contributed by atoms with E-state index in [0.29, 0.717) is 11.3 Å². The highest BCUT2D eigenvalue weighted by Crippen LogP contribution is 2.27. The van der Waals surface area contributed by atoms with Gasteiger partial charge in [0.05, 0.1) is 31.2 Å². The van der Waals surface area contributed by atoms with Crippen molar-refractivity contribution >= 4 is 18.3 Å². The molecule has 3 N–H and O–H groups in total. The molecule has 0 aliphatic heterocycles. The van der Waals surface area contributed by atoms with Crippen molar-refractivity contribution in [1.82, 2.24) is 5.32 Å². The molecule has 2 atom stereocenters. The Labute approximate surface area is 130 Å². The maximum absolute atomic E-state index is 13.9. The van der Waals surface area contributed by atoms with E-state index in [-0.39, 0.29) is 37.4 Å². The Morgan fingerprint density at radius 1 is 1.43 bits per heavy atom. The van der Waals surface area contributed by atoms with Crippen LogP contribution in [0.1, 0.15) is 24.9 Å². The number of methoxy groups -OCH3 is 2. The highest BCUT2D eigenvalue weighted by Gasteiger charge is 2.19. The molecule has 1 rings (SSSR count). The number of nitrogens with one attached hydrogen (secondary N) is 1. The molecule has 2 unspecified atom stereocenters. The number of carbonyl (C=O) groups is 1. The zero-order valence-corrected chi connectivity index (χ0v) is 13.2. The van der Waals surface area contributed by atoms with E-state index >= 15 is 0 Å². The van der Waals surface area contributed by atoms with E-state index in [0.717, 1.165) is 0 Å². The fraction of sp³-hybridized carbons (Fsp3) is 0.500. The van der Waals surface area contributed by atoms with Crippen molar-refractivity contribution in [2.75, 3.05) is 20.8 Å². The van der Waals surface area contributed by atoms with Crippen molar-refractivity contribution in [2.24, 2.45) is 5.73 Å². The smallest absolute Gasteiger partial charge is 0.223 e. The van der Waals surface area contributed by atoms with Crippen LogP contribution in [0.25, 0.3) is 0 Å². The zero-order valence-electron chi connectivity index (χ0n) is 12.4. The Morgan fingerprint density at radius 3 is 2.62 bits per heavy atom. The standard InChI is InChI=1S/C14H21FN2O3.ClH/c1-9(17-13(18)7-10(8-16)19-2)14-11(15)5-4-6-12(14)20-3;/h4-6,9-10H,7-8,16H2,1-3H3,(H,17,18);1H. The van der Waals surface area contributed by atoms with Crippen LogP contribution in [0.15, 0.2) is 18.2 Å². The first kappa shape index (κ1) is 19.6. The van der Waals surface area contributed by atoms with Gasteiger partial charge in [-0.3, -0.25) is 4.79 Å². The van der Waals surface area contributed by atoms with Crippen LogP contribution in [-0.4, -0.2) is 32.8 Å². The Hall–Kier alpha value is -1.37. The van der Waals surface area contributed by atoms with Crippen molar-refractivity contribution < 1.29 is 18.7 Å². The molecule has 0 radical (unpaired) electrons. The van der Waals surface area contributed by atoms with Gasteiger partial charge in [0.25, 0.3) is 0 Å². The average Bonchev–Trinajstić information content (AvgIpc) is 2.43. The van der Waals surface area contributed by atoms with Crippen LogP contribution >= 0.6 is 12.4 Å². The van der Waals surface area contributed by atoms with Gasteiger partial charge in [0, 0.05) is 13.7 Å². The van der Waals surface area contributed by atoms with Crippen molar-refractivity contribution in [2.45, 2.75) is 25.5 Å². The van der Waals surface area contributed by atoms with Gasteiger partial charge in [-0.1, -0.05) is 6.07 Å². The first-order chi connectivity index (χ1) is 9.53. The molecule has 21 heavy (non-hydrogen) atoms. The second-order valence-corrected chi connectivity index (χ2v) is 4.44. The summed E-state index contributed by atoms with van der Waals surface area (Å²) in [6, 6.07) is 4.03. The molecule has 1 amide bonds. The Morgan fingerprint density at radius 2 is 2.10 bits per heavy atom. The predicted molar refractivity (Wildman–Crippen MR) is 81.2 cm³/mol. The first-order valence-corrected chi connectivity index (χ1v) is 6.38. The molecule has 0 aromatic heterocycles. The number of hydrogen-bond donors (Lipinski definition) is 2. The summed E-state index contributed by atoms with van der Waals surface area (Å²) in [4.78, 5) is 11.9. The summed E-state index contributed by atoms with van der Waals surface area (Å²) in [7, 11) is 2.95. The number of nitrogens with two attached hydrogens (primary N) is 1. The van der Waals surface area contributed by atoms with Gasteiger partial charge < -0.3 is 20.5 Å². The number of benzene rings is 1. The van der Waals surface area contributed by atoms with E-state index in [2.05, 4.69) is 5.32 Å². The Kier molecular flexibility index (Phi) is 8.92. The number of rotatable bonds is 7. The van der Waals surface area contributed by atoms with Crippen LogP contribution in [-0.2, 0) is 9.53 Å². The molecule has 0 heterocycles. The van der Waals surface area contributed by atoms with Gasteiger partial charge in [-0.15, -0.1) is 12.4 Å². The van der Waals surface area contributed by atoms with Crippen LogP contribution < -0.4 is 15.8 Å². The van der Waals surface area contributed by atoms with E-state index in [9.17, 15) is 9.18 Å². The molecule has 7 heteroatoms. The summed E-state index contributed by atoms with van der Waals surface area (Å²) in [6.45, 7) is 1.95. The first-order valence-electron chi connectivity index (χ1n) is 6.38. The normalized spacial score (nSPS) is 13.0. The third kappa shape index (κ3) is 5.49. The average molecular weight is 321 g/mol. The highest BCUT2D eigenvalue weighted by molar-refractivity contribution is 5.85. The molecule has 0 fully saturated rings. The minimum Gasteiger partial charge on any atom is -0.496 e. The lowest BCUT2D eigenvalue weighted by Crippen LogP contribution is -2.33. The quantitative estimate of drug-likeness (QED) is 0.803. The van der Waals surface area contributed by atoms with Crippen LogP contribution in [0.3, 0.4) is 0 Å². The lowest BCUT2D eigenvalue weighted by molar-refractivity contribution is -0.124. The summed E-state index contributed by atoms with van der Waals surface area (Å²) >= 11 is 0. The SMILES string of the molecule is COc1cccc(F)c1C(C)NC(=O)CC(CN)OC.Cl. The lowest BCUT2D eigenvalue weighted by Gasteiger charge is -2.19. The van der Waals surface area contributed by atoms with Crippen molar-refractivity contribution in [1.29, 1.82) is 0 Å². The maximum atomic E-state index is 13.9. The monoisotopic (exact) mass is 320 g/mol. The summed E-state index contributed by atoms with van der Waals surface area (Å²) in [5.74, 6) is -0.265. The summed E-state index contributed by atoms with van der Waals surface area (Å²) in [6.07, 6.45) is -0.210. The van der Waals surface area contributed by atoms with Gasteiger partial charge in [-0.2, -0.15) is 0 Å². The molecule has 0 saturated carbocycles. The third-order valence-electron chi connectivity index (χ3n) is 3.05. The van der Waals surface area contributed by atoms with Crippen molar-refractivity contribution in [3.05, 3.63) is 29.6 Å². The van der Waals surface area contributed by atoms with Crippen LogP contribution in [0.4, 0.5) is 4.39 Å². The van der Waals surface area contributed by atoms with Gasteiger partial charge in [0.1, 0.15) is 11.6 Å².